The van der Waals surface area contributed by atoms with Crippen LogP contribution in [0.1, 0.15) is 22.0 Å². The zero-order chi connectivity index (χ0) is 17.8. The number of methoxy groups -OCH3 is 2. The van der Waals surface area contributed by atoms with Gasteiger partial charge in [-0.1, -0.05) is 30.3 Å². The van der Waals surface area contributed by atoms with E-state index in [4.69, 9.17) is 21.7 Å². The first-order chi connectivity index (χ1) is 12.1. The fraction of sp³-hybridized carbons (Fsp3) is 0.158. The maximum atomic E-state index is 13.1. The Hall–Kier alpha value is -2.86. The van der Waals surface area contributed by atoms with E-state index in [0.29, 0.717) is 27.7 Å². The minimum atomic E-state index is -0.310. The second-order valence-corrected chi connectivity index (χ2v) is 5.87. The van der Waals surface area contributed by atoms with Crippen LogP contribution in [-0.2, 0) is 0 Å². The number of carbonyl (C=O) groups excluding carboxylic acids is 1. The second-order valence-electron chi connectivity index (χ2n) is 5.46. The first-order valence-electron chi connectivity index (χ1n) is 7.73. The van der Waals surface area contributed by atoms with Gasteiger partial charge in [0.25, 0.3) is 0 Å². The zero-order valence-corrected chi connectivity index (χ0v) is 14.7. The van der Waals surface area contributed by atoms with E-state index in [2.05, 4.69) is 10.6 Å². The fourth-order valence-corrected chi connectivity index (χ4v) is 2.90. The predicted octanol–water partition coefficient (Wildman–Crippen LogP) is 2.99. The molecule has 1 heterocycles. The predicted molar refractivity (Wildman–Crippen MR) is 100 cm³/mol. The summed E-state index contributed by atoms with van der Waals surface area (Å²) >= 11 is 5.20. The highest BCUT2D eigenvalue weighted by molar-refractivity contribution is 7.80. The molecule has 0 bridgehead atoms. The maximum absolute atomic E-state index is 13.1. The van der Waals surface area contributed by atoms with Gasteiger partial charge in [-0.05, 0) is 36.0 Å². The molecule has 0 fully saturated rings. The molecular weight excluding hydrogens is 336 g/mol. The van der Waals surface area contributed by atoms with Crippen molar-refractivity contribution in [3.63, 3.8) is 0 Å². The number of ketones is 1. The monoisotopic (exact) mass is 354 g/mol. The van der Waals surface area contributed by atoms with Crippen molar-refractivity contribution < 1.29 is 14.3 Å². The first-order valence-corrected chi connectivity index (χ1v) is 8.13. The van der Waals surface area contributed by atoms with Crippen LogP contribution in [0.5, 0.6) is 11.5 Å². The molecule has 0 saturated heterocycles. The molecule has 6 heteroatoms. The molecule has 25 heavy (non-hydrogen) atoms. The number of nitrogens with one attached hydrogen (secondary N) is 2. The molecule has 0 amide bonds. The lowest BCUT2D eigenvalue weighted by Gasteiger charge is -2.27. The molecule has 1 aliphatic heterocycles. The van der Waals surface area contributed by atoms with Crippen LogP contribution in [-0.4, -0.2) is 25.1 Å². The van der Waals surface area contributed by atoms with Gasteiger partial charge in [0, 0.05) is 17.3 Å². The average molecular weight is 354 g/mol. The molecule has 1 unspecified atom stereocenters. The minimum absolute atomic E-state index is 0.114. The number of benzene rings is 2. The quantitative estimate of drug-likeness (QED) is 0.636. The molecule has 128 valence electrons. The van der Waals surface area contributed by atoms with Crippen molar-refractivity contribution >= 4 is 23.1 Å². The van der Waals surface area contributed by atoms with Crippen LogP contribution >= 0.6 is 12.2 Å². The van der Waals surface area contributed by atoms with Crippen LogP contribution in [0.2, 0.25) is 0 Å². The van der Waals surface area contributed by atoms with Crippen molar-refractivity contribution in [2.24, 2.45) is 0 Å². The number of rotatable bonds is 5. The van der Waals surface area contributed by atoms with Crippen molar-refractivity contribution in [2.75, 3.05) is 14.2 Å². The van der Waals surface area contributed by atoms with E-state index in [1.54, 1.807) is 38.6 Å². The molecule has 0 spiro atoms. The molecule has 1 aliphatic rings. The van der Waals surface area contributed by atoms with Gasteiger partial charge in [-0.25, -0.2) is 0 Å². The van der Waals surface area contributed by atoms with Gasteiger partial charge in [-0.2, -0.15) is 0 Å². The lowest BCUT2D eigenvalue weighted by atomic mass is 9.92. The van der Waals surface area contributed by atoms with Gasteiger partial charge in [-0.15, -0.1) is 0 Å². The topological polar surface area (TPSA) is 59.6 Å². The minimum Gasteiger partial charge on any atom is -0.493 e. The zero-order valence-electron chi connectivity index (χ0n) is 13.9. The largest absolute Gasteiger partial charge is 0.493 e. The third-order valence-corrected chi connectivity index (χ3v) is 4.22. The smallest absolute Gasteiger partial charge is 0.193 e. The molecule has 0 aromatic heterocycles. The molecular formula is C19H18N2O3S. The maximum Gasteiger partial charge on any atom is 0.193 e. The van der Waals surface area contributed by atoms with Crippen LogP contribution in [0.4, 0.5) is 0 Å². The molecule has 2 N–H and O–H groups in total. The van der Waals surface area contributed by atoms with Crippen LogP contribution in [0.25, 0.3) is 0 Å². The SMILES string of the molecule is COc1ccc(C(=O)C2=CNC(=S)NC2c2ccccc2)cc1OC. The Balaban J connectivity index is 1.98. The van der Waals surface area contributed by atoms with Crippen molar-refractivity contribution in [3.05, 3.63) is 71.4 Å². The van der Waals surface area contributed by atoms with Crippen LogP contribution in [0.3, 0.4) is 0 Å². The summed E-state index contributed by atoms with van der Waals surface area (Å²) in [5.41, 5.74) is 2.06. The van der Waals surface area contributed by atoms with Crippen LogP contribution in [0.15, 0.2) is 60.3 Å². The van der Waals surface area contributed by atoms with Gasteiger partial charge in [0.1, 0.15) is 0 Å². The average Bonchev–Trinajstić information content (AvgIpc) is 2.67. The Morgan fingerprint density at radius 2 is 1.76 bits per heavy atom. The lowest BCUT2D eigenvalue weighted by molar-refractivity contribution is 0.102. The number of hydrogen-bond donors (Lipinski definition) is 2. The van der Waals surface area contributed by atoms with E-state index < -0.39 is 0 Å². The summed E-state index contributed by atoms with van der Waals surface area (Å²) in [5, 5.41) is 6.56. The summed E-state index contributed by atoms with van der Waals surface area (Å²) in [6.45, 7) is 0. The lowest BCUT2D eigenvalue weighted by Crippen LogP contribution is -2.42. The Morgan fingerprint density at radius 1 is 1.04 bits per heavy atom. The molecule has 0 saturated carbocycles. The number of carbonyl (C=O) groups is 1. The van der Waals surface area contributed by atoms with Crippen LogP contribution in [0, 0.1) is 0 Å². The van der Waals surface area contributed by atoms with E-state index in [-0.39, 0.29) is 11.8 Å². The summed E-state index contributed by atoms with van der Waals surface area (Å²) < 4.78 is 10.5. The third kappa shape index (κ3) is 3.49. The standard InChI is InChI=1S/C19H18N2O3S/c1-23-15-9-8-13(10-16(15)24-2)18(22)14-11-20-19(25)21-17(14)12-6-4-3-5-7-12/h3-11,17H,1-2H3,(H2,20,21,25). The van der Waals surface area contributed by atoms with E-state index in [1.165, 1.54) is 0 Å². The van der Waals surface area contributed by atoms with E-state index in [1.807, 2.05) is 30.3 Å². The molecule has 3 rings (SSSR count). The number of hydrogen-bond acceptors (Lipinski definition) is 4. The van der Waals surface area contributed by atoms with Crippen molar-refractivity contribution in [3.8, 4) is 11.5 Å². The summed E-state index contributed by atoms with van der Waals surface area (Å²) in [7, 11) is 3.10. The van der Waals surface area contributed by atoms with Gasteiger partial charge in [0.2, 0.25) is 0 Å². The Morgan fingerprint density at radius 3 is 2.44 bits per heavy atom. The molecule has 2 aromatic carbocycles. The summed E-state index contributed by atoms with van der Waals surface area (Å²) in [4.78, 5) is 13.1. The van der Waals surface area contributed by atoms with Crippen molar-refractivity contribution in [1.82, 2.24) is 10.6 Å². The van der Waals surface area contributed by atoms with Gasteiger partial charge in [-0.3, -0.25) is 4.79 Å². The highest BCUT2D eigenvalue weighted by Gasteiger charge is 2.27. The van der Waals surface area contributed by atoms with Gasteiger partial charge >= 0.3 is 0 Å². The highest BCUT2D eigenvalue weighted by Crippen LogP contribution is 2.31. The molecule has 1 atom stereocenters. The normalized spacial score (nSPS) is 16.3. The number of thiocarbonyl (C=S) groups is 1. The summed E-state index contributed by atoms with van der Waals surface area (Å²) in [6, 6.07) is 14.5. The van der Waals surface area contributed by atoms with Gasteiger partial charge in [0.05, 0.1) is 20.3 Å². The Kier molecular flexibility index (Phi) is 5.00. The number of Topliss-reactive ketones (excluding diaryl/α,β-unsaturated/α-hetero) is 1. The third-order valence-electron chi connectivity index (χ3n) is 3.99. The highest BCUT2D eigenvalue weighted by atomic mass is 32.1. The number of ether oxygens (including phenoxy) is 2. The summed E-state index contributed by atoms with van der Waals surface area (Å²) in [6.07, 6.45) is 1.66. The molecule has 2 aromatic rings. The summed E-state index contributed by atoms with van der Waals surface area (Å²) in [5.74, 6) is 0.975. The first kappa shape index (κ1) is 17.0. The second kappa shape index (κ2) is 7.36. The van der Waals surface area contributed by atoms with Gasteiger partial charge in [0.15, 0.2) is 22.4 Å². The Bertz CT molecular complexity index is 834. The van der Waals surface area contributed by atoms with E-state index >= 15 is 0 Å². The van der Waals surface area contributed by atoms with E-state index in [9.17, 15) is 4.79 Å². The van der Waals surface area contributed by atoms with Crippen LogP contribution < -0.4 is 20.1 Å². The molecule has 5 nitrogen and oxygen atoms in total. The fourth-order valence-electron chi connectivity index (χ4n) is 2.73. The molecule has 0 radical (unpaired) electrons. The van der Waals surface area contributed by atoms with Gasteiger partial charge < -0.3 is 20.1 Å². The van der Waals surface area contributed by atoms with E-state index in [0.717, 1.165) is 5.56 Å². The Labute approximate surface area is 151 Å². The van der Waals surface area contributed by atoms with Crippen molar-refractivity contribution in [2.45, 2.75) is 6.04 Å². The molecule has 0 aliphatic carbocycles. The van der Waals surface area contributed by atoms with Crippen molar-refractivity contribution in [1.29, 1.82) is 0 Å².